The van der Waals surface area contributed by atoms with Crippen molar-refractivity contribution in [1.82, 2.24) is 9.55 Å². The zero-order chi connectivity index (χ0) is 19.0. The molecule has 0 atom stereocenters. The Balaban J connectivity index is 1.83. The highest BCUT2D eigenvalue weighted by atomic mass is 32.2. The van der Waals surface area contributed by atoms with Crippen molar-refractivity contribution in [3.63, 3.8) is 0 Å². The second-order valence-corrected chi connectivity index (χ2v) is 8.34. The van der Waals surface area contributed by atoms with Crippen LogP contribution < -0.4 is 5.56 Å². The van der Waals surface area contributed by atoms with Gasteiger partial charge in [0.2, 0.25) is 0 Å². The van der Waals surface area contributed by atoms with Crippen LogP contribution >= 0.6 is 11.8 Å². The van der Waals surface area contributed by atoms with Crippen LogP contribution in [0.5, 0.6) is 0 Å². The molecule has 0 amide bonds. The molecule has 27 heavy (non-hydrogen) atoms. The van der Waals surface area contributed by atoms with Crippen molar-refractivity contribution in [2.24, 2.45) is 7.05 Å². The zero-order valence-corrected chi connectivity index (χ0v) is 16.6. The standard InChI is InChI=1S/C21H24N2O3S/c1-3-26-16(24)13-27-20-22-18-15-9-5-4-8-14(15)12-21(10-6-7-11-21)17(18)19(25)23(20)2/h4-5,8-9H,3,6-7,10-13H2,1-2H3. The van der Waals surface area contributed by atoms with Gasteiger partial charge in [0, 0.05) is 18.0 Å². The van der Waals surface area contributed by atoms with Gasteiger partial charge in [-0.1, -0.05) is 48.9 Å². The maximum absolute atomic E-state index is 13.4. The molecule has 0 radical (unpaired) electrons. The molecule has 0 unspecified atom stereocenters. The second-order valence-electron chi connectivity index (χ2n) is 7.40. The smallest absolute Gasteiger partial charge is 0.316 e. The Morgan fingerprint density at radius 3 is 2.78 bits per heavy atom. The van der Waals surface area contributed by atoms with Crippen LogP contribution in [0.3, 0.4) is 0 Å². The summed E-state index contributed by atoms with van der Waals surface area (Å²) in [5.74, 6) is -0.137. The fraction of sp³-hybridized carbons (Fsp3) is 0.476. The minimum absolute atomic E-state index is 0.0303. The predicted octanol–water partition coefficient (Wildman–Crippen LogP) is 3.47. The largest absolute Gasteiger partial charge is 0.465 e. The molecular formula is C21H24N2O3S. The van der Waals surface area contributed by atoms with Crippen molar-refractivity contribution >= 4 is 17.7 Å². The van der Waals surface area contributed by atoms with Gasteiger partial charge in [-0.25, -0.2) is 4.98 Å². The molecule has 1 aromatic heterocycles. The van der Waals surface area contributed by atoms with Crippen molar-refractivity contribution < 1.29 is 9.53 Å². The van der Waals surface area contributed by atoms with E-state index in [-0.39, 0.29) is 22.7 Å². The number of hydrogen-bond donors (Lipinski definition) is 0. The molecule has 0 N–H and O–H groups in total. The minimum atomic E-state index is -0.290. The molecule has 142 valence electrons. The van der Waals surface area contributed by atoms with Crippen molar-refractivity contribution in [2.45, 2.75) is 49.6 Å². The maximum Gasteiger partial charge on any atom is 0.316 e. The van der Waals surface area contributed by atoms with E-state index in [4.69, 9.17) is 9.72 Å². The first-order valence-corrected chi connectivity index (χ1v) is 10.5. The Morgan fingerprint density at radius 2 is 2.04 bits per heavy atom. The molecule has 1 aromatic carbocycles. The van der Waals surface area contributed by atoms with Gasteiger partial charge in [0.15, 0.2) is 5.16 Å². The summed E-state index contributed by atoms with van der Waals surface area (Å²) in [4.78, 5) is 30.0. The Bertz CT molecular complexity index is 945. The van der Waals surface area contributed by atoms with Crippen LogP contribution in [0.4, 0.5) is 0 Å². The van der Waals surface area contributed by atoms with Crippen molar-refractivity contribution in [3.05, 3.63) is 45.7 Å². The zero-order valence-electron chi connectivity index (χ0n) is 15.8. The molecule has 2 aliphatic carbocycles. The van der Waals surface area contributed by atoms with Gasteiger partial charge < -0.3 is 4.74 Å². The molecule has 1 heterocycles. The molecule has 5 nitrogen and oxygen atoms in total. The van der Waals surface area contributed by atoms with E-state index in [1.165, 1.54) is 17.3 Å². The number of carbonyl (C=O) groups excluding carboxylic acids is 1. The summed E-state index contributed by atoms with van der Waals surface area (Å²) in [7, 11) is 1.76. The molecule has 1 spiro atoms. The van der Waals surface area contributed by atoms with Crippen LogP contribution in [-0.2, 0) is 28.4 Å². The Labute approximate surface area is 163 Å². The van der Waals surface area contributed by atoms with E-state index in [1.54, 1.807) is 18.5 Å². The number of hydrogen-bond acceptors (Lipinski definition) is 5. The molecule has 0 bridgehead atoms. The molecule has 0 aliphatic heterocycles. The topological polar surface area (TPSA) is 61.2 Å². The number of esters is 1. The fourth-order valence-electron chi connectivity index (χ4n) is 4.55. The SMILES string of the molecule is CCOC(=O)CSc1nc2c(c(=O)n1C)C1(CCCC1)Cc1ccccc1-2. The number of carbonyl (C=O) groups is 1. The lowest BCUT2D eigenvalue weighted by Crippen LogP contribution is -2.39. The summed E-state index contributed by atoms with van der Waals surface area (Å²) >= 11 is 1.27. The monoisotopic (exact) mass is 384 g/mol. The van der Waals surface area contributed by atoms with Gasteiger partial charge in [-0.2, -0.15) is 0 Å². The van der Waals surface area contributed by atoms with Crippen LogP contribution in [0.25, 0.3) is 11.3 Å². The lowest BCUT2D eigenvalue weighted by atomic mass is 9.68. The third-order valence-corrected chi connectivity index (χ3v) is 6.77. The van der Waals surface area contributed by atoms with E-state index >= 15 is 0 Å². The van der Waals surface area contributed by atoms with Gasteiger partial charge in [0.05, 0.1) is 23.6 Å². The van der Waals surface area contributed by atoms with E-state index in [1.807, 2.05) is 6.07 Å². The number of benzene rings is 1. The van der Waals surface area contributed by atoms with Gasteiger partial charge in [0.25, 0.3) is 5.56 Å². The normalized spacial score (nSPS) is 16.8. The average molecular weight is 385 g/mol. The highest BCUT2D eigenvalue weighted by Gasteiger charge is 2.44. The minimum Gasteiger partial charge on any atom is -0.465 e. The number of nitrogens with zero attached hydrogens (tertiary/aromatic N) is 2. The molecule has 2 aromatic rings. The van der Waals surface area contributed by atoms with E-state index in [0.717, 1.165) is 48.9 Å². The Kier molecular flexibility index (Phi) is 4.84. The van der Waals surface area contributed by atoms with E-state index < -0.39 is 0 Å². The van der Waals surface area contributed by atoms with E-state index in [2.05, 4.69) is 18.2 Å². The number of ether oxygens (including phenoxy) is 1. The lowest BCUT2D eigenvalue weighted by Gasteiger charge is -2.36. The predicted molar refractivity (Wildman–Crippen MR) is 106 cm³/mol. The summed E-state index contributed by atoms with van der Waals surface area (Å²) in [5.41, 5.74) is 3.96. The fourth-order valence-corrected chi connectivity index (χ4v) is 5.31. The van der Waals surface area contributed by atoms with Crippen LogP contribution in [0.15, 0.2) is 34.2 Å². The summed E-state index contributed by atoms with van der Waals surface area (Å²) in [5, 5.41) is 0.566. The summed E-state index contributed by atoms with van der Waals surface area (Å²) in [6.07, 6.45) is 5.32. The number of thioether (sulfide) groups is 1. The second kappa shape index (κ2) is 7.15. The Morgan fingerprint density at radius 1 is 1.30 bits per heavy atom. The van der Waals surface area contributed by atoms with Crippen LogP contribution in [-0.4, -0.2) is 27.9 Å². The third-order valence-electron chi connectivity index (χ3n) is 5.77. The first-order valence-electron chi connectivity index (χ1n) is 9.54. The van der Waals surface area contributed by atoms with E-state index in [0.29, 0.717) is 11.8 Å². The molecule has 1 saturated carbocycles. The van der Waals surface area contributed by atoms with Gasteiger partial charge in [-0.05, 0) is 31.7 Å². The average Bonchev–Trinajstić information content (AvgIpc) is 3.12. The molecule has 0 saturated heterocycles. The summed E-state index contributed by atoms with van der Waals surface area (Å²) < 4.78 is 6.61. The first-order chi connectivity index (χ1) is 13.1. The van der Waals surface area contributed by atoms with Crippen molar-refractivity contribution in [2.75, 3.05) is 12.4 Å². The molecule has 6 heteroatoms. The van der Waals surface area contributed by atoms with Gasteiger partial charge in [-0.15, -0.1) is 0 Å². The molecule has 4 rings (SSSR count). The van der Waals surface area contributed by atoms with Crippen LogP contribution in [0.1, 0.15) is 43.7 Å². The highest BCUT2D eigenvalue weighted by Crippen LogP contribution is 2.49. The maximum atomic E-state index is 13.4. The highest BCUT2D eigenvalue weighted by molar-refractivity contribution is 7.99. The number of aromatic nitrogens is 2. The first kappa shape index (κ1) is 18.3. The van der Waals surface area contributed by atoms with Crippen LogP contribution in [0, 0.1) is 0 Å². The summed E-state index contributed by atoms with van der Waals surface area (Å²) in [6, 6.07) is 8.27. The van der Waals surface area contributed by atoms with Gasteiger partial charge in [-0.3, -0.25) is 14.2 Å². The van der Waals surface area contributed by atoms with Gasteiger partial charge in [0.1, 0.15) is 0 Å². The molecular weight excluding hydrogens is 360 g/mol. The lowest BCUT2D eigenvalue weighted by molar-refractivity contribution is -0.139. The van der Waals surface area contributed by atoms with E-state index in [9.17, 15) is 9.59 Å². The molecule has 1 fully saturated rings. The third kappa shape index (κ3) is 3.10. The Hall–Kier alpha value is -2.08. The van der Waals surface area contributed by atoms with Crippen LogP contribution in [0.2, 0.25) is 0 Å². The molecule has 2 aliphatic rings. The summed E-state index contributed by atoms with van der Waals surface area (Å²) in [6.45, 7) is 2.14. The van der Waals surface area contributed by atoms with Crippen molar-refractivity contribution in [1.29, 1.82) is 0 Å². The van der Waals surface area contributed by atoms with Crippen molar-refractivity contribution in [3.8, 4) is 11.3 Å². The van der Waals surface area contributed by atoms with Gasteiger partial charge >= 0.3 is 5.97 Å². The number of rotatable bonds is 4. The quantitative estimate of drug-likeness (QED) is 0.459. The number of fused-ring (bicyclic) bond motifs is 4.